The molecule has 0 aromatic carbocycles. The molecule has 1 rings (SSSR count). The van der Waals surface area contributed by atoms with Crippen molar-refractivity contribution in [3.05, 3.63) is 23.2 Å². The second-order valence-corrected chi connectivity index (χ2v) is 3.35. The van der Waals surface area contributed by atoms with Crippen molar-refractivity contribution in [2.75, 3.05) is 20.8 Å². The summed E-state index contributed by atoms with van der Waals surface area (Å²) in [4.78, 5) is 22.1. The predicted molar refractivity (Wildman–Crippen MR) is 58.5 cm³/mol. The average molecular weight is 241 g/mol. The largest absolute Gasteiger partial charge is 0.468 e. The van der Waals surface area contributed by atoms with Crippen molar-refractivity contribution in [2.24, 2.45) is 0 Å². The number of rotatable bonds is 5. The second kappa shape index (κ2) is 6.05. The number of ether oxygens (including phenoxy) is 2. The normalized spacial score (nSPS) is 10.1. The predicted octanol–water partition coefficient (Wildman–Crippen LogP) is 0.637. The topological polar surface area (TPSA) is 77.8 Å². The van der Waals surface area contributed by atoms with Crippen LogP contribution in [0.3, 0.4) is 0 Å². The monoisotopic (exact) mass is 241 g/mol. The Kier molecular flexibility index (Phi) is 4.71. The molecule has 0 aliphatic rings. The van der Waals surface area contributed by atoms with Crippen LogP contribution in [-0.2, 0) is 20.8 Å². The van der Waals surface area contributed by atoms with E-state index in [4.69, 9.17) is 4.42 Å². The minimum Gasteiger partial charge on any atom is -0.468 e. The average Bonchev–Trinajstić information content (AvgIpc) is 2.69. The number of hydrogen-bond acceptors (Lipinski definition) is 6. The van der Waals surface area contributed by atoms with E-state index in [2.05, 4.69) is 14.8 Å². The number of furan rings is 1. The molecule has 94 valence electrons. The van der Waals surface area contributed by atoms with Crippen LogP contribution in [0.4, 0.5) is 0 Å². The van der Waals surface area contributed by atoms with Gasteiger partial charge in [-0.2, -0.15) is 0 Å². The van der Waals surface area contributed by atoms with E-state index in [0.717, 1.165) is 0 Å². The second-order valence-electron chi connectivity index (χ2n) is 3.35. The van der Waals surface area contributed by atoms with Crippen molar-refractivity contribution < 1.29 is 23.5 Å². The Balaban J connectivity index is 2.56. The van der Waals surface area contributed by atoms with Gasteiger partial charge >= 0.3 is 11.9 Å². The van der Waals surface area contributed by atoms with Gasteiger partial charge in [0.2, 0.25) is 0 Å². The number of hydrogen-bond donors (Lipinski definition) is 1. The molecular formula is C11H15NO5. The van der Waals surface area contributed by atoms with E-state index in [1.807, 2.05) is 0 Å². The van der Waals surface area contributed by atoms with Crippen molar-refractivity contribution in [1.29, 1.82) is 0 Å². The summed E-state index contributed by atoms with van der Waals surface area (Å²) in [6, 6.07) is 1.59. The van der Waals surface area contributed by atoms with Gasteiger partial charge in [-0.25, -0.2) is 4.79 Å². The van der Waals surface area contributed by atoms with Gasteiger partial charge in [-0.05, 0) is 13.0 Å². The van der Waals surface area contributed by atoms with E-state index in [9.17, 15) is 9.59 Å². The smallest absolute Gasteiger partial charge is 0.341 e. The number of carbonyl (C=O) groups is 2. The van der Waals surface area contributed by atoms with Gasteiger partial charge in [-0.1, -0.05) is 0 Å². The lowest BCUT2D eigenvalue weighted by molar-refractivity contribution is -0.139. The summed E-state index contributed by atoms with van der Waals surface area (Å²) in [7, 11) is 2.63. The Bertz CT molecular complexity index is 410. The van der Waals surface area contributed by atoms with Gasteiger partial charge in [-0.15, -0.1) is 0 Å². The third-order valence-corrected chi connectivity index (χ3v) is 2.17. The quantitative estimate of drug-likeness (QED) is 0.762. The molecule has 1 aromatic rings. The first kappa shape index (κ1) is 13.2. The summed E-state index contributed by atoms with van der Waals surface area (Å²) in [5, 5.41) is 2.83. The van der Waals surface area contributed by atoms with E-state index in [0.29, 0.717) is 23.6 Å². The zero-order valence-electron chi connectivity index (χ0n) is 10.0. The van der Waals surface area contributed by atoms with Crippen LogP contribution in [0.2, 0.25) is 0 Å². The first-order chi connectivity index (χ1) is 8.08. The van der Waals surface area contributed by atoms with Crippen LogP contribution < -0.4 is 5.32 Å². The van der Waals surface area contributed by atoms with Crippen LogP contribution in [0.25, 0.3) is 0 Å². The van der Waals surface area contributed by atoms with Crippen LogP contribution in [0.1, 0.15) is 21.9 Å². The van der Waals surface area contributed by atoms with E-state index in [-0.39, 0.29) is 12.5 Å². The molecule has 1 aromatic heterocycles. The van der Waals surface area contributed by atoms with Gasteiger partial charge in [0.15, 0.2) is 0 Å². The maximum absolute atomic E-state index is 11.3. The molecule has 0 radical (unpaired) electrons. The van der Waals surface area contributed by atoms with Crippen LogP contribution in [0.5, 0.6) is 0 Å². The third kappa shape index (κ3) is 3.60. The highest BCUT2D eigenvalue weighted by Crippen LogP contribution is 2.15. The van der Waals surface area contributed by atoms with Gasteiger partial charge in [-0.3, -0.25) is 10.1 Å². The highest BCUT2D eigenvalue weighted by molar-refractivity contribution is 5.90. The summed E-state index contributed by atoms with van der Waals surface area (Å²) in [6.45, 7) is 2.10. The molecule has 0 aliphatic heterocycles. The zero-order chi connectivity index (χ0) is 12.8. The Labute approximate surface area is 98.9 Å². The fraction of sp³-hybridized carbons (Fsp3) is 0.455. The maximum Gasteiger partial charge on any atom is 0.341 e. The molecule has 0 spiro atoms. The molecule has 6 heteroatoms. The molecule has 17 heavy (non-hydrogen) atoms. The molecule has 0 atom stereocenters. The Hall–Kier alpha value is -1.82. The van der Waals surface area contributed by atoms with E-state index in [1.165, 1.54) is 14.2 Å². The van der Waals surface area contributed by atoms with Crippen molar-refractivity contribution in [3.8, 4) is 0 Å². The summed E-state index contributed by atoms with van der Waals surface area (Å²) in [5.41, 5.74) is 0.391. The van der Waals surface area contributed by atoms with E-state index >= 15 is 0 Å². The van der Waals surface area contributed by atoms with Gasteiger partial charge in [0.1, 0.15) is 17.1 Å². The Morgan fingerprint density at radius 2 is 2.06 bits per heavy atom. The maximum atomic E-state index is 11.3. The molecule has 0 unspecified atom stereocenters. The van der Waals surface area contributed by atoms with E-state index < -0.39 is 5.97 Å². The molecule has 0 fully saturated rings. The SMILES string of the molecule is COC(=O)CNCc1cc(C(=O)OC)c(C)o1. The molecule has 1 N–H and O–H groups in total. The first-order valence-corrected chi connectivity index (χ1v) is 5.03. The zero-order valence-corrected chi connectivity index (χ0v) is 10.0. The number of aryl methyl sites for hydroxylation is 1. The van der Waals surface area contributed by atoms with Crippen LogP contribution in [0.15, 0.2) is 10.5 Å². The highest BCUT2D eigenvalue weighted by Gasteiger charge is 2.15. The third-order valence-electron chi connectivity index (χ3n) is 2.17. The Morgan fingerprint density at radius 1 is 1.35 bits per heavy atom. The summed E-state index contributed by atoms with van der Waals surface area (Å²) in [6.07, 6.45) is 0. The van der Waals surface area contributed by atoms with Gasteiger partial charge in [0.25, 0.3) is 0 Å². The molecule has 0 amide bonds. The van der Waals surface area contributed by atoms with Gasteiger partial charge in [0, 0.05) is 0 Å². The van der Waals surface area contributed by atoms with Gasteiger partial charge in [0.05, 0.1) is 27.3 Å². The fourth-order valence-corrected chi connectivity index (χ4v) is 1.30. The van der Waals surface area contributed by atoms with E-state index in [1.54, 1.807) is 13.0 Å². The molecule has 1 heterocycles. The molecular weight excluding hydrogens is 226 g/mol. The number of esters is 2. The molecule has 0 saturated heterocycles. The summed E-state index contributed by atoms with van der Waals surface area (Å²) < 4.78 is 14.4. The number of methoxy groups -OCH3 is 2. The van der Waals surface area contributed by atoms with Gasteiger partial charge < -0.3 is 13.9 Å². The molecule has 0 bridgehead atoms. The van der Waals surface area contributed by atoms with Crippen molar-refractivity contribution in [2.45, 2.75) is 13.5 Å². The van der Waals surface area contributed by atoms with Crippen LogP contribution in [-0.4, -0.2) is 32.7 Å². The minimum atomic E-state index is -0.439. The van der Waals surface area contributed by atoms with Crippen molar-refractivity contribution in [3.63, 3.8) is 0 Å². The standard InChI is InChI=1S/C11H15NO5/c1-7-9(11(14)16-3)4-8(17-7)5-12-6-10(13)15-2/h4,12H,5-6H2,1-3H3. The molecule has 0 saturated carbocycles. The van der Waals surface area contributed by atoms with Crippen molar-refractivity contribution in [1.82, 2.24) is 5.32 Å². The first-order valence-electron chi connectivity index (χ1n) is 5.03. The van der Waals surface area contributed by atoms with Crippen molar-refractivity contribution >= 4 is 11.9 Å². The summed E-state index contributed by atoms with van der Waals surface area (Å²) >= 11 is 0. The molecule has 6 nitrogen and oxygen atoms in total. The lowest BCUT2D eigenvalue weighted by Crippen LogP contribution is -2.23. The number of nitrogens with one attached hydrogen (secondary N) is 1. The summed E-state index contributed by atoms with van der Waals surface area (Å²) in [5.74, 6) is 0.255. The fourth-order valence-electron chi connectivity index (χ4n) is 1.30. The Morgan fingerprint density at radius 3 is 2.65 bits per heavy atom. The van der Waals surface area contributed by atoms with Crippen LogP contribution in [0, 0.1) is 6.92 Å². The number of carbonyl (C=O) groups excluding carboxylic acids is 2. The highest BCUT2D eigenvalue weighted by atomic mass is 16.5. The molecule has 0 aliphatic carbocycles. The minimum absolute atomic E-state index is 0.0871. The lowest BCUT2D eigenvalue weighted by Gasteiger charge is -1.99. The van der Waals surface area contributed by atoms with Crippen LogP contribution >= 0.6 is 0 Å². The lowest BCUT2D eigenvalue weighted by atomic mass is 10.2.